The predicted octanol–water partition coefficient (Wildman–Crippen LogP) is 0.168. The van der Waals surface area contributed by atoms with Crippen molar-refractivity contribution >= 4 is 5.91 Å². The van der Waals surface area contributed by atoms with Gasteiger partial charge in [-0.15, -0.1) is 0 Å². The number of alkyl halides is 3. The summed E-state index contributed by atoms with van der Waals surface area (Å²) >= 11 is 0. The molecule has 2 N–H and O–H groups in total. The summed E-state index contributed by atoms with van der Waals surface area (Å²) in [7, 11) is 0. The lowest BCUT2D eigenvalue weighted by molar-refractivity contribution is -0.215. The van der Waals surface area contributed by atoms with Gasteiger partial charge in [0.1, 0.15) is 6.54 Å². The number of nitriles is 1. The second kappa shape index (κ2) is 4.06. The Morgan fingerprint density at radius 2 is 2.27 bits per heavy atom. The quantitative estimate of drug-likeness (QED) is 0.653. The molecule has 0 spiro atoms. The molecule has 1 saturated heterocycles. The Bertz CT molecular complexity index is 288. The van der Waals surface area contributed by atoms with Crippen LogP contribution in [0.25, 0.3) is 0 Å². The van der Waals surface area contributed by atoms with Crippen LogP contribution in [0.5, 0.6) is 0 Å². The number of amides is 1. The number of carbonyl (C=O) groups is 1. The molecular formula is C8H10F3N3O. The molecule has 7 heteroatoms. The van der Waals surface area contributed by atoms with Crippen molar-refractivity contribution in [3.05, 3.63) is 0 Å². The summed E-state index contributed by atoms with van der Waals surface area (Å²) in [6.45, 7) is -0.677. The summed E-state index contributed by atoms with van der Waals surface area (Å²) < 4.78 is 38.1. The van der Waals surface area contributed by atoms with E-state index in [4.69, 9.17) is 5.26 Å². The molecule has 1 unspecified atom stereocenters. The third kappa shape index (κ3) is 2.04. The summed E-state index contributed by atoms with van der Waals surface area (Å²) in [6, 6.07) is 1.57. The van der Waals surface area contributed by atoms with E-state index in [-0.39, 0.29) is 13.0 Å². The van der Waals surface area contributed by atoms with E-state index in [2.05, 4.69) is 5.32 Å². The molecule has 0 aromatic heterocycles. The van der Waals surface area contributed by atoms with Crippen molar-refractivity contribution in [2.24, 2.45) is 5.41 Å². The zero-order valence-electron chi connectivity index (χ0n) is 7.82. The molecule has 1 atom stereocenters. The number of nitrogens with one attached hydrogen (secondary N) is 2. The Balaban J connectivity index is 2.83. The minimum absolute atomic E-state index is 0.152. The van der Waals surface area contributed by atoms with E-state index in [1.54, 1.807) is 6.07 Å². The van der Waals surface area contributed by atoms with Gasteiger partial charge in [0.15, 0.2) is 5.41 Å². The number of hydrogen-bond acceptors (Lipinski definition) is 3. The Morgan fingerprint density at radius 3 is 2.67 bits per heavy atom. The maximum atomic E-state index is 12.7. The number of nitrogens with zero attached hydrogens (tertiary/aromatic N) is 1. The van der Waals surface area contributed by atoms with E-state index in [0.29, 0.717) is 0 Å². The van der Waals surface area contributed by atoms with Gasteiger partial charge >= 0.3 is 6.18 Å². The van der Waals surface area contributed by atoms with Crippen molar-refractivity contribution < 1.29 is 18.0 Å². The lowest BCUT2D eigenvalue weighted by atomic mass is 9.85. The first-order valence-electron chi connectivity index (χ1n) is 4.37. The molecule has 4 nitrogen and oxygen atoms in total. The van der Waals surface area contributed by atoms with Crippen LogP contribution in [0.4, 0.5) is 13.2 Å². The average molecular weight is 221 g/mol. The van der Waals surface area contributed by atoms with Gasteiger partial charge in [0, 0.05) is 6.54 Å². The fraction of sp³-hybridized carbons (Fsp3) is 0.750. The summed E-state index contributed by atoms with van der Waals surface area (Å²) in [5.74, 6) is -1.12. The number of rotatable bonds is 2. The van der Waals surface area contributed by atoms with Crippen LogP contribution in [0.3, 0.4) is 0 Å². The van der Waals surface area contributed by atoms with Gasteiger partial charge in [-0.2, -0.15) is 18.4 Å². The highest BCUT2D eigenvalue weighted by molar-refractivity contribution is 5.84. The zero-order chi connectivity index (χ0) is 11.5. The molecule has 1 heterocycles. The first-order valence-corrected chi connectivity index (χ1v) is 4.37. The molecule has 0 aromatic carbocycles. The van der Waals surface area contributed by atoms with Crippen molar-refractivity contribution in [3.8, 4) is 6.07 Å². The highest BCUT2D eigenvalue weighted by atomic mass is 19.4. The van der Waals surface area contributed by atoms with Crippen LogP contribution in [0.15, 0.2) is 0 Å². The predicted molar refractivity (Wildman–Crippen MR) is 44.6 cm³/mol. The van der Waals surface area contributed by atoms with Crippen LogP contribution in [0.2, 0.25) is 0 Å². The number of hydrogen-bond donors (Lipinski definition) is 2. The van der Waals surface area contributed by atoms with Crippen molar-refractivity contribution in [2.45, 2.75) is 12.6 Å². The molecule has 0 aromatic rings. The van der Waals surface area contributed by atoms with Crippen molar-refractivity contribution in [3.63, 3.8) is 0 Å². The molecule has 1 fully saturated rings. The van der Waals surface area contributed by atoms with Crippen molar-refractivity contribution in [2.75, 3.05) is 19.6 Å². The summed E-state index contributed by atoms with van der Waals surface area (Å²) in [5.41, 5.74) is -2.37. The molecular weight excluding hydrogens is 211 g/mol. The monoisotopic (exact) mass is 221 g/mol. The summed E-state index contributed by atoms with van der Waals surface area (Å²) in [4.78, 5) is 11.4. The summed E-state index contributed by atoms with van der Waals surface area (Å²) in [6.07, 6.45) is -4.87. The van der Waals surface area contributed by atoms with Gasteiger partial charge in [-0.1, -0.05) is 0 Å². The maximum Gasteiger partial charge on any atom is 0.404 e. The lowest BCUT2D eigenvalue weighted by Gasteiger charge is -2.28. The van der Waals surface area contributed by atoms with Gasteiger partial charge in [0.2, 0.25) is 5.91 Å². The van der Waals surface area contributed by atoms with E-state index in [9.17, 15) is 18.0 Å². The molecule has 84 valence electrons. The fourth-order valence-corrected chi connectivity index (χ4v) is 1.55. The third-order valence-electron chi connectivity index (χ3n) is 2.46. The van der Waals surface area contributed by atoms with Crippen LogP contribution in [0, 0.1) is 16.7 Å². The van der Waals surface area contributed by atoms with E-state index >= 15 is 0 Å². The smallest absolute Gasteiger partial charge is 0.342 e. The second-order valence-corrected chi connectivity index (χ2v) is 3.35. The number of carbonyl (C=O) groups excluding carboxylic acids is 1. The van der Waals surface area contributed by atoms with E-state index in [1.807, 2.05) is 5.32 Å². The van der Waals surface area contributed by atoms with Gasteiger partial charge in [-0.05, 0) is 13.0 Å². The Labute approximate surface area is 84.4 Å². The minimum Gasteiger partial charge on any atom is -0.342 e. The molecule has 0 bridgehead atoms. The van der Waals surface area contributed by atoms with Gasteiger partial charge in [-0.3, -0.25) is 4.79 Å². The molecule has 0 saturated carbocycles. The normalized spacial score (nSPS) is 26.0. The lowest BCUT2D eigenvalue weighted by Crippen LogP contribution is -2.52. The molecule has 1 aliphatic heterocycles. The highest BCUT2D eigenvalue weighted by Crippen LogP contribution is 2.43. The van der Waals surface area contributed by atoms with Crippen LogP contribution in [0.1, 0.15) is 6.42 Å². The molecule has 0 aliphatic carbocycles. The Hall–Kier alpha value is -1.29. The molecule has 1 rings (SSSR count). The van der Waals surface area contributed by atoms with Gasteiger partial charge < -0.3 is 10.6 Å². The second-order valence-electron chi connectivity index (χ2n) is 3.35. The molecule has 15 heavy (non-hydrogen) atoms. The highest BCUT2D eigenvalue weighted by Gasteiger charge is 2.61. The maximum absolute atomic E-state index is 12.7. The first-order chi connectivity index (χ1) is 6.94. The van der Waals surface area contributed by atoms with Crippen LogP contribution < -0.4 is 10.6 Å². The first kappa shape index (κ1) is 11.8. The topological polar surface area (TPSA) is 64.9 Å². The van der Waals surface area contributed by atoms with Gasteiger partial charge in [-0.25, -0.2) is 0 Å². The van der Waals surface area contributed by atoms with Gasteiger partial charge in [0.05, 0.1) is 6.07 Å². The SMILES string of the molecule is N#CCNC(=O)C1(C(F)(F)F)CCNC1. The largest absolute Gasteiger partial charge is 0.404 e. The minimum atomic E-state index is -4.59. The van der Waals surface area contributed by atoms with Crippen molar-refractivity contribution in [1.29, 1.82) is 5.26 Å². The van der Waals surface area contributed by atoms with Crippen molar-refractivity contribution in [1.82, 2.24) is 10.6 Å². The van der Waals surface area contributed by atoms with E-state index in [1.165, 1.54) is 0 Å². The standard InChI is InChI=1S/C8H10F3N3O/c9-8(10,11)7(1-3-13-5-7)6(15)14-4-2-12/h13H,1,3-5H2,(H,14,15). The van der Waals surface area contributed by atoms with Crippen LogP contribution >= 0.6 is 0 Å². The Kier molecular flexibility index (Phi) is 3.19. The summed E-state index contributed by atoms with van der Waals surface area (Å²) in [5, 5.41) is 12.7. The van der Waals surface area contributed by atoms with Crippen LogP contribution in [-0.2, 0) is 4.79 Å². The fourth-order valence-electron chi connectivity index (χ4n) is 1.55. The molecule has 0 radical (unpaired) electrons. The van der Waals surface area contributed by atoms with E-state index in [0.717, 1.165) is 0 Å². The Morgan fingerprint density at radius 1 is 1.60 bits per heavy atom. The zero-order valence-corrected chi connectivity index (χ0v) is 7.82. The van der Waals surface area contributed by atoms with Crippen LogP contribution in [-0.4, -0.2) is 31.7 Å². The third-order valence-corrected chi connectivity index (χ3v) is 2.46. The van der Waals surface area contributed by atoms with Gasteiger partial charge in [0.25, 0.3) is 0 Å². The molecule has 1 aliphatic rings. The number of halogens is 3. The van der Waals surface area contributed by atoms with E-state index < -0.39 is 30.6 Å². The average Bonchev–Trinajstić information content (AvgIpc) is 2.62. The molecule has 1 amide bonds.